The van der Waals surface area contributed by atoms with E-state index in [1.807, 2.05) is 19.1 Å². The second kappa shape index (κ2) is 11.6. The van der Waals surface area contributed by atoms with Gasteiger partial charge in [0, 0.05) is 17.2 Å². The monoisotopic (exact) mass is 468 g/mol. The van der Waals surface area contributed by atoms with E-state index in [9.17, 15) is 14.7 Å². The summed E-state index contributed by atoms with van der Waals surface area (Å²) in [5, 5.41) is 21.7. The van der Waals surface area contributed by atoms with E-state index in [1.165, 1.54) is 28.5 Å². The maximum Gasteiger partial charge on any atom is 0.330 e. The first-order chi connectivity index (χ1) is 16.8. The van der Waals surface area contributed by atoms with Gasteiger partial charge in [0.25, 0.3) is 5.91 Å². The lowest BCUT2D eigenvalue weighted by Crippen LogP contribution is -2.33. The molecule has 1 amide bonds. The summed E-state index contributed by atoms with van der Waals surface area (Å²) in [6.07, 6.45) is 0. The number of aliphatic carboxylic acids is 1. The molecule has 0 aliphatic rings. The van der Waals surface area contributed by atoms with Crippen molar-refractivity contribution in [2.24, 2.45) is 11.5 Å². The minimum absolute atomic E-state index is 0.103. The van der Waals surface area contributed by atoms with Gasteiger partial charge in [0.2, 0.25) is 0 Å². The molecule has 0 saturated heterocycles. The summed E-state index contributed by atoms with van der Waals surface area (Å²) < 4.78 is 0. The van der Waals surface area contributed by atoms with Crippen LogP contribution in [0.1, 0.15) is 46.1 Å². The van der Waals surface area contributed by atoms with Crippen molar-refractivity contribution >= 4 is 28.5 Å². The normalized spacial score (nSPS) is 12.1. The number of nitrogen functional groups attached to an aromatic ring is 1. The van der Waals surface area contributed by atoms with Crippen molar-refractivity contribution in [1.82, 2.24) is 5.32 Å². The molecule has 0 spiro atoms. The number of amidine groups is 1. The molecule has 0 fully saturated rings. The van der Waals surface area contributed by atoms with E-state index in [2.05, 4.69) is 35.6 Å². The average Bonchev–Trinajstić information content (AvgIpc) is 2.87. The first-order valence-corrected chi connectivity index (χ1v) is 11.0. The molecule has 178 valence electrons. The highest BCUT2D eigenvalue weighted by Crippen LogP contribution is 2.22. The molecule has 0 aromatic heterocycles. The van der Waals surface area contributed by atoms with Gasteiger partial charge >= 0.3 is 5.97 Å². The van der Waals surface area contributed by atoms with Crippen LogP contribution in [-0.4, -0.2) is 22.8 Å². The minimum atomic E-state index is -1.15. The van der Waals surface area contributed by atoms with Gasteiger partial charge in [0.15, 0.2) is 6.04 Å². The fourth-order valence-electron chi connectivity index (χ4n) is 3.62. The van der Waals surface area contributed by atoms with Gasteiger partial charge in [-0.25, -0.2) is 4.79 Å². The quantitative estimate of drug-likeness (QED) is 0.211. The first kappa shape index (κ1) is 25.1. The van der Waals surface area contributed by atoms with Gasteiger partial charge in [-0.1, -0.05) is 84.9 Å². The number of fused-ring (bicyclic) bond motifs is 1. The summed E-state index contributed by atoms with van der Waals surface area (Å²) in [5.74, 6) is -1.85. The summed E-state index contributed by atoms with van der Waals surface area (Å²) >= 11 is 0. The molecule has 7 N–H and O–H groups in total. The van der Waals surface area contributed by atoms with Crippen LogP contribution in [0.3, 0.4) is 0 Å². The van der Waals surface area contributed by atoms with Crippen LogP contribution in [0.5, 0.6) is 0 Å². The number of hydrogen-bond acceptors (Lipinski definition) is 4. The summed E-state index contributed by atoms with van der Waals surface area (Å²) in [6, 6.07) is 28.1. The summed E-state index contributed by atoms with van der Waals surface area (Å²) in [5.41, 5.74) is 13.6. The molecule has 0 heterocycles. The summed E-state index contributed by atoms with van der Waals surface area (Å²) in [4.78, 5) is 23.6. The molecule has 4 aromatic rings. The average molecular weight is 469 g/mol. The zero-order valence-corrected chi connectivity index (χ0v) is 19.3. The second-order valence-electron chi connectivity index (χ2n) is 8.01. The summed E-state index contributed by atoms with van der Waals surface area (Å²) in [7, 11) is 0. The lowest BCUT2D eigenvalue weighted by atomic mass is 10.0. The number of carboxylic acid groups (broad SMARTS) is 1. The van der Waals surface area contributed by atoms with Crippen molar-refractivity contribution in [2.75, 3.05) is 0 Å². The number of carbonyl (C=O) groups excluding carboxylic acids is 1. The molecule has 0 saturated carbocycles. The molecule has 0 radical (unpaired) electrons. The highest BCUT2D eigenvalue weighted by atomic mass is 16.4. The third-order valence-electron chi connectivity index (χ3n) is 5.40. The Hall–Kier alpha value is -4.49. The van der Waals surface area contributed by atoms with Crippen LogP contribution in [0.2, 0.25) is 0 Å². The maximum absolute atomic E-state index is 12.2. The number of rotatable bonds is 6. The number of benzene rings is 4. The largest absolute Gasteiger partial charge is 0.479 e. The minimum Gasteiger partial charge on any atom is -0.479 e. The van der Waals surface area contributed by atoms with Gasteiger partial charge in [-0.15, -0.1) is 0 Å². The molecular weight excluding hydrogens is 440 g/mol. The van der Waals surface area contributed by atoms with Crippen molar-refractivity contribution in [3.05, 3.63) is 119 Å². The number of carbonyl (C=O) groups is 2. The van der Waals surface area contributed by atoms with E-state index in [0.29, 0.717) is 11.1 Å². The third-order valence-corrected chi connectivity index (χ3v) is 5.40. The van der Waals surface area contributed by atoms with Gasteiger partial charge in [0.1, 0.15) is 5.84 Å². The molecule has 0 aliphatic carbocycles. The van der Waals surface area contributed by atoms with Gasteiger partial charge in [-0.2, -0.15) is 0 Å². The van der Waals surface area contributed by atoms with E-state index in [-0.39, 0.29) is 17.4 Å². The standard InChI is InChI=1S/C16H15N3O3.C12H13N/c17-14(18)11-7-4-8-12(9-11)15(20)19-13(16(21)22)10-5-2-1-3-6-10;1-9(13)11-8-4-6-10-5-2-3-7-12(10)11/h1-9,13H,(H3,17,18)(H,19,20)(H,21,22);2-9H,13H2,1H3/t13-;9-/m11/s1. The zero-order chi connectivity index (χ0) is 25.4. The smallest absolute Gasteiger partial charge is 0.330 e. The lowest BCUT2D eigenvalue weighted by Gasteiger charge is -2.15. The van der Waals surface area contributed by atoms with Gasteiger partial charge in [-0.05, 0) is 41.0 Å². The van der Waals surface area contributed by atoms with Crippen LogP contribution in [0, 0.1) is 5.41 Å². The van der Waals surface area contributed by atoms with Crippen LogP contribution in [-0.2, 0) is 4.79 Å². The van der Waals surface area contributed by atoms with Gasteiger partial charge in [0.05, 0.1) is 0 Å². The SMILES string of the molecule is C[C@@H](N)c1cccc2ccccc12.N=C(N)c1cccc(C(=O)N[C@@H](C(=O)O)c2ccccc2)c1. The molecule has 7 nitrogen and oxygen atoms in total. The van der Waals surface area contributed by atoms with Crippen molar-refractivity contribution in [1.29, 1.82) is 5.41 Å². The Morgan fingerprint density at radius 1 is 0.857 bits per heavy atom. The van der Waals surface area contributed by atoms with Gasteiger partial charge < -0.3 is 21.9 Å². The van der Waals surface area contributed by atoms with Crippen molar-refractivity contribution in [2.45, 2.75) is 19.0 Å². The predicted molar refractivity (Wildman–Crippen MR) is 138 cm³/mol. The molecule has 0 bridgehead atoms. The highest BCUT2D eigenvalue weighted by Gasteiger charge is 2.22. The van der Waals surface area contributed by atoms with Gasteiger partial charge in [-0.3, -0.25) is 10.2 Å². The van der Waals surface area contributed by atoms with Crippen LogP contribution in [0.4, 0.5) is 0 Å². The van der Waals surface area contributed by atoms with E-state index in [1.54, 1.807) is 42.5 Å². The zero-order valence-electron chi connectivity index (χ0n) is 19.3. The predicted octanol–water partition coefficient (Wildman–Crippen LogP) is 4.39. The van der Waals surface area contributed by atoms with Crippen LogP contribution >= 0.6 is 0 Å². The third kappa shape index (κ3) is 6.52. The maximum atomic E-state index is 12.2. The molecule has 7 heteroatoms. The molecule has 2 atom stereocenters. The Labute approximate surface area is 203 Å². The molecular formula is C28H28N4O3. The second-order valence-corrected chi connectivity index (χ2v) is 8.01. The number of nitrogens with two attached hydrogens (primary N) is 2. The first-order valence-electron chi connectivity index (χ1n) is 11.0. The Bertz CT molecular complexity index is 1330. The van der Waals surface area contributed by atoms with E-state index < -0.39 is 17.9 Å². The van der Waals surface area contributed by atoms with E-state index >= 15 is 0 Å². The van der Waals surface area contributed by atoms with Crippen molar-refractivity contribution in [3.8, 4) is 0 Å². The van der Waals surface area contributed by atoms with E-state index in [4.69, 9.17) is 16.9 Å². The highest BCUT2D eigenvalue weighted by molar-refractivity contribution is 6.01. The Morgan fingerprint density at radius 2 is 1.46 bits per heavy atom. The molecule has 0 unspecified atom stereocenters. The number of amides is 1. The molecule has 0 aliphatic heterocycles. The van der Waals surface area contributed by atoms with Crippen molar-refractivity contribution in [3.63, 3.8) is 0 Å². The number of hydrogen-bond donors (Lipinski definition) is 5. The fourth-order valence-corrected chi connectivity index (χ4v) is 3.62. The Kier molecular flexibility index (Phi) is 8.32. The Balaban J connectivity index is 0.000000223. The fraction of sp³-hybridized carbons (Fsp3) is 0.107. The number of nitrogens with one attached hydrogen (secondary N) is 2. The molecule has 4 rings (SSSR count). The summed E-state index contributed by atoms with van der Waals surface area (Å²) in [6.45, 7) is 2.02. The lowest BCUT2D eigenvalue weighted by molar-refractivity contribution is -0.139. The van der Waals surface area contributed by atoms with Crippen molar-refractivity contribution < 1.29 is 14.7 Å². The Morgan fingerprint density at radius 3 is 2.11 bits per heavy atom. The van der Waals surface area contributed by atoms with E-state index in [0.717, 1.165) is 0 Å². The van der Waals surface area contributed by atoms with Crippen LogP contribution in [0.25, 0.3) is 10.8 Å². The van der Waals surface area contributed by atoms with Crippen LogP contribution in [0.15, 0.2) is 97.1 Å². The van der Waals surface area contributed by atoms with Crippen LogP contribution < -0.4 is 16.8 Å². The number of carboxylic acids is 1. The molecule has 35 heavy (non-hydrogen) atoms. The molecule has 4 aromatic carbocycles. The topological polar surface area (TPSA) is 142 Å².